The molecule has 116 valence electrons. The van der Waals surface area contributed by atoms with Gasteiger partial charge in [0.25, 0.3) is 5.91 Å². The summed E-state index contributed by atoms with van der Waals surface area (Å²) in [7, 11) is 0. The Bertz CT molecular complexity index is 514. The summed E-state index contributed by atoms with van der Waals surface area (Å²) in [6.45, 7) is 9.35. The molecule has 21 heavy (non-hydrogen) atoms. The Morgan fingerprint density at radius 2 is 1.90 bits per heavy atom. The lowest BCUT2D eigenvalue weighted by Gasteiger charge is -2.15. The number of carbonyl (C=O) groups is 2. The molecule has 1 amide bonds. The smallest absolute Gasteiger partial charge is 0.317 e. The molecule has 0 radical (unpaired) electrons. The summed E-state index contributed by atoms with van der Waals surface area (Å²) in [4.78, 5) is 24.5. The highest BCUT2D eigenvalue weighted by Gasteiger charge is 2.18. The summed E-state index contributed by atoms with van der Waals surface area (Å²) < 4.78 is 5.13. The van der Waals surface area contributed by atoms with Crippen LogP contribution in [0.2, 0.25) is 0 Å². The maximum Gasteiger partial charge on any atom is 0.317 e. The van der Waals surface area contributed by atoms with E-state index in [9.17, 15) is 9.59 Å². The van der Waals surface area contributed by atoms with Crippen LogP contribution in [0.25, 0.3) is 0 Å². The van der Waals surface area contributed by atoms with Gasteiger partial charge >= 0.3 is 5.97 Å². The van der Waals surface area contributed by atoms with Crippen molar-refractivity contribution in [3.8, 4) is 0 Å². The predicted octanol–water partition coefficient (Wildman–Crippen LogP) is 2.85. The molecule has 4 nitrogen and oxygen atoms in total. The molecule has 0 spiro atoms. The number of nitrogens with one attached hydrogen (secondary N) is 1. The van der Waals surface area contributed by atoms with Gasteiger partial charge in [0.2, 0.25) is 0 Å². The van der Waals surface area contributed by atoms with E-state index in [1.54, 1.807) is 6.92 Å². The highest BCUT2D eigenvalue weighted by atomic mass is 32.2. The van der Waals surface area contributed by atoms with Crippen LogP contribution in [0.1, 0.15) is 31.9 Å². The van der Waals surface area contributed by atoms with Gasteiger partial charge in [0.15, 0.2) is 6.10 Å². The Labute approximate surface area is 130 Å². The van der Waals surface area contributed by atoms with Gasteiger partial charge in [0.1, 0.15) is 0 Å². The van der Waals surface area contributed by atoms with Gasteiger partial charge < -0.3 is 10.1 Å². The number of rotatable bonds is 6. The van der Waals surface area contributed by atoms with Gasteiger partial charge in [-0.3, -0.25) is 9.59 Å². The third-order valence-electron chi connectivity index (χ3n) is 2.78. The monoisotopic (exact) mass is 309 g/mol. The molecule has 0 aromatic heterocycles. The number of benzene rings is 1. The van der Waals surface area contributed by atoms with Crippen molar-refractivity contribution in [1.82, 2.24) is 5.32 Å². The predicted molar refractivity (Wildman–Crippen MR) is 85.5 cm³/mol. The Hall–Kier alpha value is -1.49. The van der Waals surface area contributed by atoms with Crippen molar-refractivity contribution in [2.45, 2.75) is 51.7 Å². The number of esters is 1. The number of hydrogen-bond acceptors (Lipinski definition) is 4. The first-order valence-electron chi connectivity index (χ1n) is 6.99. The van der Waals surface area contributed by atoms with Gasteiger partial charge in [-0.15, -0.1) is 11.8 Å². The molecular weight excluding hydrogens is 286 g/mol. The second kappa shape index (κ2) is 8.08. The van der Waals surface area contributed by atoms with Crippen LogP contribution in [0.3, 0.4) is 0 Å². The zero-order chi connectivity index (χ0) is 16.0. The van der Waals surface area contributed by atoms with Crippen LogP contribution in [0.4, 0.5) is 0 Å². The Kier molecular flexibility index (Phi) is 6.75. The summed E-state index contributed by atoms with van der Waals surface area (Å²) in [5.41, 5.74) is 2.33. The van der Waals surface area contributed by atoms with Crippen LogP contribution < -0.4 is 5.32 Å². The molecule has 0 saturated heterocycles. The average molecular weight is 309 g/mol. The highest BCUT2D eigenvalue weighted by molar-refractivity contribution is 8.00. The summed E-state index contributed by atoms with van der Waals surface area (Å²) in [6, 6.07) is 6.12. The van der Waals surface area contributed by atoms with E-state index in [0.29, 0.717) is 0 Å². The van der Waals surface area contributed by atoms with E-state index in [0.717, 1.165) is 10.5 Å². The van der Waals surface area contributed by atoms with E-state index < -0.39 is 6.10 Å². The molecular formula is C16H23NO3S. The number of thioether (sulfide) groups is 1. The molecule has 0 heterocycles. The first kappa shape index (κ1) is 17.6. The van der Waals surface area contributed by atoms with Crippen molar-refractivity contribution in [3.05, 3.63) is 29.3 Å². The average Bonchev–Trinajstić information content (AvgIpc) is 2.36. The Morgan fingerprint density at radius 3 is 2.48 bits per heavy atom. The minimum atomic E-state index is -0.764. The van der Waals surface area contributed by atoms with Crippen molar-refractivity contribution < 1.29 is 14.3 Å². The largest absolute Gasteiger partial charge is 0.452 e. The normalized spacial score (nSPS) is 12.1. The zero-order valence-electron chi connectivity index (χ0n) is 13.2. The molecule has 0 aliphatic carbocycles. The third kappa shape index (κ3) is 6.21. The van der Waals surface area contributed by atoms with Crippen molar-refractivity contribution in [2.24, 2.45) is 0 Å². The van der Waals surface area contributed by atoms with E-state index in [4.69, 9.17) is 4.74 Å². The molecule has 0 aliphatic heterocycles. The molecule has 1 rings (SSSR count). The molecule has 0 fully saturated rings. The molecule has 0 aliphatic rings. The van der Waals surface area contributed by atoms with Gasteiger partial charge in [-0.2, -0.15) is 0 Å². The third-order valence-corrected chi connectivity index (χ3v) is 3.93. The topological polar surface area (TPSA) is 55.4 Å². The van der Waals surface area contributed by atoms with Crippen molar-refractivity contribution >= 4 is 23.6 Å². The standard InChI is InChI=1S/C16H23NO3S/c1-10(2)17-16(19)13(5)20-15(18)9-21-14-7-6-11(3)8-12(14)4/h6-8,10,13H,9H2,1-5H3,(H,17,19)/t13-/m0/s1. The number of ether oxygens (including phenoxy) is 1. The second-order valence-electron chi connectivity index (χ2n) is 5.35. The summed E-state index contributed by atoms with van der Waals surface area (Å²) in [6.07, 6.45) is -0.764. The van der Waals surface area contributed by atoms with Gasteiger partial charge in [-0.1, -0.05) is 17.7 Å². The maximum absolute atomic E-state index is 11.8. The SMILES string of the molecule is Cc1ccc(SCC(=O)O[C@@H](C)C(=O)NC(C)C)c(C)c1. The van der Waals surface area contributed by atoms with E-state index in [-0.39, 0.29) is 23.7 Å². The number of aryl methyl sites for hydroxylation is 2. The molecule has 1 N–H and O–H groups in total. The first-order chi connectivity index (χ1) is 9.79. The molecule has 1 aromatic carbocycles. The van der Waals surface area contributed by atoms with E-state index in [1.807, 2.05) is 39.8 Å². The van der Waals surface area contributed by atoms with E-state index in [2.05, 4.69) is 11.4 Å². The van der Waals surface area contributed by atoms with Gasteiger partial charge in [0, 0.05) is 10.9 Å². The second-order valence-corrected chi connectivity index (χ2v) is 6.37. The van der Waals surface area contributed by atoms with Crippen LogP contribution in [0.5, 0.6) is 0 Å². The fourth-order valence-electron chi connectivity index (χ4n) is 1.78. The Morgan fingerprint density at radius 1 is 1.24 bits per heavy atom. The highest BCUT2D eigenvalue weighted by Crippen LogP contribution is 2.23. The minimum Gasteiger partial charge on any atom is -0.452 e. The lowest BCUT2D eigenvalue weighted by atomic mass is 10.2. The zero-order valence-corrected chi connectivity index (χ0v) is 14.0. The lowest BCUT2D eigenvalue weighted by molar-refractivity contribution is -0.152. The lowest BCUT2D eigenvalue weighted by Crippen LogP contribution is -2.39. The fourth-order valence-corrected chi connectivity index (χ4v) is 2.58. The van der Waals surface area contributed by atoms with Crippen molar-refractivity contribution in [2.75, 3.05) is 5.75 Å². The van der Waals surface area contributed by atoms with Crippen LogP contribution in [-0.4, -0.2) is 29.8 Å². The summed E-state index contributed by atoms with van der Waals surface area (Å²) in [5, 5.41) is 2.71. The van der Waals surface area contributed by atoms with Gasteiger partial charge in [0.05, 0.1) is 5.75 Å². The molecule has 5 heteroatoms. The number of amides is 1. The molecule has 1 aromatic rings. The quantitative estimate of drug-likeness (QED) is 0.648. The minimum absolute atomic E-state index is 0.0308. The maximum atomic E-state index is 11.8. The number of carbonyl (C=O) groups excluding carboxylic acids is 2. The van der Waals surface area contributed by atoms with Crippen LogP contribution in [0.15, 0.2) is 23.1 Å². The Balaban J connectivity index is 2.45. The van der Waals surface area contributed by atoms with Crippen molar-refractivity contribution in [1.29, 1.82) is 0 Å². The number of hydrogen-bond donors (Lipinski definition) is 1. The van der Waals surface area contributed by atoms with Crippen LogP contribution >= 0.6 is 11.8 Å². The van der Waals surface area contributed by atoms with E-state index in [1.165, 1.54) is 17.3 Å². The van der Waals surface area contributed by atoms with Gasteiger partial charge in [-0.05, 0) is 46.2 Å². The van der Waals surface area contributed by atoms with E-state index >= 15 is 0 Å². The summed E-state index contributed by atoms with van der Waals surface area (Å²) in [5.74, 6) is -0.454. The molecule has 1 atom stereocenters. The van der Waals surface area contributed by atoms with Crippen molar-refractivity contribution in [3.63, 3.8) is 0 Å². The fraction of sp³-hybridized carbons (Fsp3) is 0.500. The first-order valence-corrected chi connectivity index (χ1v) is 7.98. The summed E-state index contributed by atoms with van der Waals surface area (Å²) >= 11 is 1.43. The molecule has 0 unspecified atom stereocenters. The van der Waals surface area contributed by atoms with Crippen LogP contribution in [0, 0.1) is 13.8 Å². The van der Waals surface area contributed by atoms with Crippen LogP contribution in [-0.2, 0) is 14.3 Å². The molecule has 0 saturated carbocycles. The van der Waals surface area contributed by atoms with Gasteiger partial charge in [-0.25, -0.2) is 0 Å². The molecule has 0 bridgehead atoms.